The average molecular weight is 495 g/mol. The Morgan fingerprint density at radius 1 is 0.967 bits per heavy atom. The molecule has 0 saturated carbocycles. The van der Waals surface area contributed by atoms with Crippen LogP contribution in [-0.2, 0) is 14.3 Å². The zero-order valence-corrected chi connectivity index (χ0v) is 18.7. The number of halogens is 1. The van der Waals surface area contributed by atoms with Gasteiger partial charge in [-0.05, 0) is 40.2 Å². The standard InChI is InChI=1S/C19H19BrN4O5S/c1-27-12-8-9-14(16(10-12)28-2)23-19-21-11-13(20)18(24-19)22-15-6-4-5-7-17(15)30(25,26)29-3/h4-11H,1-3H3,(H2,21,22,23,24). The van der Waals surface area contributed by atoms with Crippen molar-refractivity contribution in [2.75, 3.05) is 32.0 Å². The number of methoxy groups -OCH3 is 2. The lowest BCUT2D eigenvalue weighted by Crippen LogP contribution is -2.08. The first-order valence-electron chi connectivity index (χ1n) is 8.56. The Bertz CT molecular complexity index is 1160. The molecule has 3 rings (SSSR count). The minimum absolute atomic E-state index is 0.00987. The summed E-state index contributed by atoms with van der Waals surface area (Å²) in [6.45, 7) is 0. The lowest BCUT2D eigenvalue weighted by atomic mass is 10.2. The molecule has 0 aliphatic heterocycles. The average Bonchev–Trinajstić information content (AvgIpc) is 2.76. The van der Waals surface area contributed by atoms with Gasteiger partial charge in [0.1, 0.15) is 22.2 Å². The van der Waals surface area contributed by atoms with Crippen molar-refractivity contribution >= 4 is 49.2 Å². The Labute approximate surface area is 182 Å². The Morgan fingerprint density at radius 2 is 1.73 bits per heavy atom. The number of anilines is 4. The molecule has 0 atom stereocenters. The normalized spacial score (nSPS) is 11.1. The lowest BCUT2D eigenvalue weighted by molar-refractivity contribution is 0.395. The van der Waals surface area contributed by atoms with Crippen LogP contribution in [0.15, 0.2) is 58.0 Å². The summed E-state index contributed by atoms with van der Waals surface area (Å²) < 4.78 is 40.1. The van der Waals surface area contributed by atoms with E-state index >= 15 is 0 Å². The minimum Gasteiger partial charge on any atom is -0.497 e. The predicted octanol–water partition coefficient (Wildman–Crippen LogP) is 4.08. The van der Waals surface area contributed by atoms with Gasteiger partial charge in [0.15, 0.2) is 0 Å². The summed E-state index contributed by atoms with van der Waals surface area (Å²) in [4.78, 5) is 8.66. The van der Waals surface area contributed by atoms with Crippen LogP contribution in [0.5, 0.6) is 11.5 Å². The molecule has 0 fully saturated rings. The van der Waals surface area contributed by atoms with Gasteiger partial charge in [-0.3, -0.25) is 4.18 Å². The molecule has 158 valence electrons. The minimum atomic E-state index is -3.90. The number of para-hydroxylation sites is 1. The van der Waals surface area contributed by atoms with Crippen molar-refractivity contribution in [3.05, 3.63) is 53.1 Å². The van der Waals surface area contributed by atoms with Crippen molar-refractivity contribution < 1.29 is 22.1 Å². The number of hydrogen-bond acceptors (Lipinski definition) is 9. The third-order valence-corrected chi connectivity index (χ3v) is 5.94. The molecule has 0 saturated heterocycles. The van der Waals surface area contributed by atoms with E-state index < -0.39 is 10.1 Å². The maximum atomic E-state index is 12.2. The molecule has 0 amide bonds. The molecule has 0 aliphatic rings. The SMILES string of the molecule is COc1ccc(Nc2ncc(Br)c(Nc3ccccc3S(=O)(=O)OC)n2)c(OC)c1. The molecule has 9 nitrogen and oxygen atoms in total. The molecular weight excluding hydrogens is 476 g/mol. The van der Waals surface area contributed by atoms with Crippen LogP contribution in [0.3, 0.4) is 0 Å². The second-order valence-corrected chi connectivity index (χ2v) is 8.36. The van der Waals surface area contributed by atoms with Crippen LogP contribution in [0.2, 0.25) is 0 Å². The second kappa shape index (κ2) is 9.28. The number of nitrogens with zero attached hydrogens (tertiary/aromatic N) is 2. The van der Waals surface area contributed by atoms with E-state index in [1.165, 1.54) is 6.07 Å². The fourth-order valence-corrected chi connectivity index (χ4v) is 3.65. The highest BCUT2D eigenvalue weighted by atomic mass is 79.9. The van der Waals surface area contributed by atoms with E-state index in [4.69, 9.17) is 9.47 Å². The largest absolute Gasteiger partial charge is 0.497 e. The Morgan fingerprint density at radius 3 is 2.43 bits per heavy atom. The zero-order valence-electron chi connectivity index (χ0n) is 16.3. The zero-order chi connectivity index (χ0) is 21.7. The molecule has 0 radical (unpaired) electrons. The molecule has 11 heteroatoms. The van der Waals surface area contributed by atoms with Crippen LogP contribution in [0.1, 0.15) is 0 Å². The van der Waals surface area contributed by atoms with Crippen LogP contribution in [0.25, 0.3) is 0 Å². The Kier molecular flexibility index (Phi) is 6.75. The van der Waals surface area contributed by atoms with Crippen LogP contribution in [-0.4, -0.2) is 39.7 Å². The van der Waals surface area contributed by atoms with Crippen molar-refractivity contribution in [2.45, 2.75) is 4.90 Å². The van der Waals surface area contributed by atoms with Gasteiger partial charge in [-0.15, -0.1) is 0 Å². The number of aromatic nitrogens is 2. The van der Waals surface area contributed by atoms with Gasteiger partial charge in [0.05, 0.1) is 37.2 Å². The fourth-order valence-electron chi connectivity index (χ4n) is 2.54. The monoisotopic (exact) mass is 494 g/mol. The van der Waals surface area contributed by atoms with E-state index in [1.807, 2.05) is 0 Å². The Balaban J connectivity index is 1.93. The van der Waals surface area contributed by atoms with E-state index in [9.17, 15) is 8.42 Å². The van der Waals surface area contributed by atoms with Gasteiger partial charge in [0.2, 0.25) is 5.95 Å². The van der Waals surface area contributed by atoms with Gasteiger partial charge in [-0.2, -0.15) is 13.4 Å². The number of benzene rings is 2. The van der Waals surface area contributed by atoms with E-state index in [2.05, 4.69) is 40.7 Å². The van der Waals surface area contributed by atoms with Crippen LogP contribution in [0, 0.1) is 0 Å². The quantitative estimate of drug-likeness (QED) is 0.447. The highest BCUT2D eigenvalue weighted by Crippen LogP contribution is 2.33. The van der Waals surface area contributed by atoms with Gasteiger partial charge in [-0.1, -0.05) is 12.1 Å². The summed E-state index contributed by atoms with van der Waals surface area (Å²) in [5, 5.41) is 6.08. The molecule has 30 heavy (non-hydrogen) atoms. The first-order valence-corrected chi connectivity index (χ1v) is 10.8. The maximum absolute atomic E-state index is 12.2. The van der Waals surface area contributed by atoms with Gasteiger partial charge in [0.25, 0.3) is 10.1 Å². The van der Waals surface area contributed by atoms with Crippen molar-refractivity contribution in [3.8, 4) is 11.5 Å². The van der Waals surface area contributed by atoms with Crippen molar-refractivity contribution in [1.29, 1.82) is 0 Å². The number of rotatable bonds is 8. The molecule has 1 heterocycles. The number of nitrogens with one attached hydrogen (secondary N) is 2. The molecule has 0 bridgehead atoms. The molecule has 0 aliphatic carbocycles. The maximum Gasteiger partial charge on any atom is 0.298 e. The topological polar surface area (TPSA) is 112 Å². The second-order valence-electron chi connectivity index (χ2n) is 5.82. The summed E-state index contributed by atoms with van der Waals surface area (Å²) in [6.07, 6.45) is 1.54. The molecule has 2 N–H and O–H groups in total. The van der Waals surface area contributed by atoms with E-state index in [0.29, 0.717) is 33.2 Å². The Hall–Kier alpha value is -2.89. The molecule has 0 unspecified atom stereocenters. The number of hydrogen-bond donors (Lipinski definition) is 2. The number of ether oxygens (including phenoxy) is 2. The predicted molar refractivity (Wildman–Crippen MR) is 116 cm³/mol. The fraction of sp³-hybridized carbons (Fsp3) is 0.158. The molecule has 0 spiro atoms. The summed E-state index contributed by atoms with van der Waals surface area (Å²) in [5.41, 5.74) is 0.945. The molecule has 3 aromatic rings. The highest BCUT2D eigenvalue weighted by Gasteiger charge is 2.19. The van der Waals surface area contributed by atoms with E-state index in [-0.39, 0.29) is 10.8 Å². The smallest absolute Gasteiger partial charge is 0.298 e. The van der Waals surface area contributed by atoms with Crippen LogP contribution in [0.4, 0.5) is 23.1 Å². The first kappa shape index (κ1) is 21.8. The molecule has 1 aromatic heterocycles. The van der Waals surface area contributed by atoms with Gasteiger partial charge in [-0.25, -0.2) is 4.98 Å². The lowest BCUT2D eigenvalue weighted by Gasteiger charge is -2.14. The van der Waals surface area contributed by atoms with E-state index in [1.54, 1.807) is 56.8 Å². The van der Waals surface area contributed by atoms with Gasteiger partial charge >= 0.3 is 0 Å². The summed E-state index contributed by atoms with van der Waals surface area (Å²) in [7, 11) is 0.320. The first-order chi connectivity index (χ1) is 14.4. The highest BCUT2D eigenvalue weighted by molar-refractivity contribution is 9.10. The van der Waals surface area contributed by atoms with Crippen LogP contribution >= 0.6 is 15.9 Å². The van der Waals surface area contributed by atoms with Crippen molar-refractivity contribution in [3.63, 3.8) is 0 Å². The third-order valence-electron chi connectivity index (χ3n) is 4.03. The van der Waals surface area contributed by atoms with Crippen molar-refractivity contribution in [2.24, 2.45) is 0 Å². The summed E-state index contributed by atoms with van der Waals surface area (Å²) in [5.74, 6) is 1.83. The molecule has 2 aromatic carbocycles. The van der Waals surface area contributed by atoms with Crippen molar-refractivity contribution in [1.82, 2.24) is 9.97 Å². The van der Waals surface area contributed by atoms with Gasteiger partial charge in [0, 0.05) is 12.3 Å². The summed E-state index contributed by atoms with van der Waals surface area (Å²) >= 11 is 3.38. The summed E-state index contributed by atoms with van der Waals surface area (Å²) in [6, 6.07) is 11.6. The van der Waals surface area contributed by atoms with Gasteiger partial charge < -0.3 is 20.1 Å². The third kappa shape index (κ3) is 4.81. The van der Waals surface area contributed by atoms with Crippen LogP contribution < -0.4 is 20.1 Å². The van der Waals surface area contributed by atoms with E-state index in [0.717, 1.165) is 7.11 Å². The molecular formula is C19H19BrN4O5S.